The van der Waals surface area contributed by atoms with E-state index >= 15 is 0 Å². The van der Waals surface area contributed by atoms with Crippen molar-refractivity contribution in [3.63, 3.8) is 0 Å². The summed E-state index contributed by atoms with van der Waals surface area (Å²) in [7, 11) is 0. The molecule has 3 N–H and O–H groups in total. The Morgan fingerprint density at radius 1 is 1.16 bits per heavy atom. The molecule has 3 aromatic rings. The minimum Gasteiger partial charge on any atom is -0.384 e. The standard InChI is InChI=1S/C27H30ClFN8O/c1-3-24(35-26(30-2)22-18-19(28)4-9-23(22)29)34-25-10-11-32-27(36-25)33-21-7-5-20(6-8-21)31-12-13-37-14-16-38-17-15-37/h3-11,18,31H,2,12-17H2,1H3,(H2,32,33,34,36)/b24-3-,35-26-. The van der Waals surface area contributed by atoms with E-state index in [9.17, 15) is 4.39 Å². The van der Waals surface area contributed by atoms with Gasteiger partial charge in [-0.2, -0.15) is 4.98 Å². The lowest BCUT2D eigenvalue weighted by atomic mass is 10.2. The number of aromatic nitrogens is 2. The van der Waals surface area contributed by atoms with E-state index in [0.717, 1.165) is 50.8 Å². The van der Waals surface area contributed by atoms with Crippen LogP contribution in [0.4, 0.5) is 27.5 Å². The molecule has 11 heteroatoms. The van der Waals surface area contributed by atoms with Crippen LogP contribution in [-0.4, -0.2) is 66.8 Å². The van der Waals surface area contributed by atoms with Gasteiger partial charge in [0.05, 0.1) is 18.8 Å². The summed E-state index contributed by atoms with van der Waals surface area (Å²) in [6.45, 7) is 10.7. The van der Waals surface area contributed by atoms with E-state index in [1.54, 1.807) is 25.3 Å². The average Bonchev–Trinajstić information content (AvgIpc) is 2.94. The molecule has 1 aromatic heterocycles. The number of ether oxygens (including phenoxy) is 1. The Hall–Kier alpha value is -3.86. The Morgan fingerprint density at radius 3 is 2.66 bits per heavy atom. The van der Waals surface area contributed by atoms with E-state index in [1.165, 1.54) is 18.2 Å². The van der Waals surface area contributed by atoms with Gasteiger partial charge in [0.15, 0.2) is 5.84 Å². The number of anilines is 4. The summed E-state index contributed by atoms with van der Waals surface area (Å²) in [5.41, 5.74) is 2.04. The van der Waals surface area contributed by atoms with Crippen LogP contribution in [0.25, 0.3) is 0 Å². The zero-order chi connectivity index (χ0) is 26.7. The van der Waals surface area contributed by atoms with Crippen molar-refractivity contribution in [3.8, 4) is 0 Å². The van der Waals surface area contributed by atoms with Gasteiger partial charge in [-0.25, -0.2) is 19.4 Å². The van der Waals surface area contributed by atoms with E-state index in [-0.39, 0.29) is 11.4 Å². The molecular weight excluding hydrogens is 507 g/mol. The van der Waals surface area contributed by atoms with Gasteiger partial charge in [-0.1, -0.05) is 11.6 Å². The summed E-state index contributed by atoms with van der Waals surface area (Å²) >= 11 is 6.02. The minimum absolute atomic E-state index is 0.0941. The lowest BCUT2D eigenvalue weighted by molar-refractivity contribution is 0.0398. The molecule has 0 saturated carbocycles. The molecule has 0 amide bonds. The largest absolute Gasteiger partial charge is 0.384 e. The van der Waals surface area contributed by atoms with Crippen LogP contribution in [0, 0.1) is 5.82 Å². The van der Waals surface area contributed by atoms with E-state index in [4.69, 9.17) is 16.3 Å². The van der Waals surface area contributed by atoms with Crippen LogP contribution in [0.1, 0.15) is 12.5 Å². The monoisotopic (exact) mass is 536 g/mol. The van der Waals surface area contributed by atoms with Crippen LogP contribution in [0.5, 0.6) is 0 Å². The maximum Gasteiger partial charge on any atom is 0.229 e. The van der Waals surface area contributed by atoms with Gasteiger partial charge in [0.2, 0.25) is 5.95 Å². The number of allylic oxidation sites excluding steroid dienone is 1. The number of benzene rings is 2. The van der Waals surface area contributed by atoms with Crippen LogP contribution in [0.15, 0.2) is 76.6 Å². The van der Waals surface area contributed by atoms with Crippen LogP contribution >= 0.6 is 11.6 Å². The van der Waals surface area contributed by atoms with Gasteiger partial charge in [-0.3, -0.25) is 4.90 Å². The topological polar surface area (TPSA) is 99.1 Å². The first-order valence-corrected chi connectivity index (χ1v) is 12.6. The van der Waals surface area contributed by atoms with Gasteiger partial charge < -0.3 is 20.7 Å². The molecule has 1 fully saturated rings. The maximum absolute atomic E-state index is 14.3. The highest BCUT2D eigenvalue weighted by Crippen LogP contribution is 2.20. The highest BCUT2D eigenvalue weighted by Gasteiger charge is 2.11. The molecule has 0 aliphatic carbocycles. The van der Waals surface area contributed by atoms with Crippen molar-refractivity contribution in [2.24, 2.45) is 9.98 Å². The summed E-state index contributed by atoms with van der Waals surface area (Å²) in [6, 6.07) is 13.8. The van der Waals surface area contributed by atoms with Crippen molar-refractivity contribution >= 4 is 47.3 Å². The lowest BCUT2D eigenvalue weighted by Gasteiger charge is -2.26. The number of aliphatic imine (C=N–C) groups is 2. The molecule has 4 rings (SSSR count). The fraction of sp³-hybridized carbons (Fsp3) is 0.259. The predicted octanol–water partition coefficient (Wildman–Crippen LogP) is 5.18. The van der Waals surface area contributed by atoms with Crippen molar-refractivity contribution < 1.29 is 9.13 Å². The van der Waals surface area contributed by atoms with Gasteiger partial charge in [-0.05, 0) is 68.2 Å². The second-order valence-corrected chi connectivity index (χ2v) is 8.80. The zero-order valence-corrected chi connectivity index (χ0v) is 21.9. The van der Waals surface area contributed by atoms with Gasteiger partial charge in [0.25, 0.3) is 0 Å². The minimum atomic E-state index is -0.497. The first-order valence-electron chi connectivity index (χ1n) is 12.2. The molecule has 0 radical (unpaired) electrons. The zero-order valence-electron chi connectivity index (χ0n) is 21.1. The van der Waals surface area contributed by atoms with E-state index in [1.807, 2.05) is 24.3 Å². The number of morpholine rings is 1. The Labute approximate surface area is 226 Å². The molecule has 0 atom stereocenters. The molecule has 0 bridgehead atoms. The van der Waals surface area contributed by atoms with Crippen molar-refractivity contribution in [2.75, 3.05) is 55.3 Å². The number of nitrogens with one attached hydrogen (secondary N) is 3. The molecule has 2 heterocycles. The summed E-state index contributed by atoms with van der Waals surface area (Å²) in [4.78, 5) is 19.5. The first-order chi connectivity index (χ1) is 18.5. The Kier molecular flexibility index (Phi) is 9.74. The van der Waals surface area contributed by atoms with Crippen molar-refractivity contribution in [3.05, 3.63) is 83.0 Å². The normalized spacial score (nSPS) is 14.7. The molecule has 1 saturated heterocycles. The second-order valence-electron chi connectivity index (χ2n) is 8.37. The number of nitrogens with zero attached hydrogens (tertiary/aromatic N) is 5. The molecular formula is C27H30ClFN8O. The molecule has 198 valence electrons. The fourth-order valence-electron chi connectivity index (χ4n) is 3.73. The summed E-state index contributed by atoms with van der Waals surface area (Å²) in [5, 5.41) is 10.1. The highest BCUT2D eigenvalue weighted by molar-refractivity contribution is 6.31. The molecule has 1 aliphatic rings. The molecule has 9 nitrogen and oxygen atoms in total. The summed E-state index contributed by atoms with van der Waals surface area (Å²) < 4.78 is 19.7. The van der Waals surface area contributed by atoms with Crippen molar-refractivity contribution in [2.45, 2.75) is 6.92 Å². The van der Waals surface area contributed by atoms with Crippen LogP contribution in [0.2, 0.25) is 5.02 Å². The van der Waals surface area contributed by atoms with Crippen molar-refractivity contribution in [1.29, 1.82) is 0 Å². The highest BCUT2D eigenvalue weighted by atomic mass is 35.5. The third-order valence-corrected chi connectivity index (χ3v) is 5.97. The van der Waals surface area contributed by atoms with E-state index in [0.29, 0.717) is 22.6 Å². The first kappa shape index (κ1) is 27.2. The molecule has 1 aliphatic heterocycles. The van der Waals surface area contributed by atoms with Gasteiger partial charge in [0.1, 0.15) is 17.5 Å². The average molecular weight is 537 g/mol. The van der Waals surface area contributed by atoms with Crippen molar-refractivity contribution in [1.82, 2.24) is 14.9 Å². The van der Waals surface area contributed by atoms with Gasteiger partial charge in [-0.15, -0.1) is 0 Å². The number of halogens is 2. The second kappa shape index (κ2) is 13.6. The predicted molar refractivity (Wildman–Crippen MR) is 152 cm³/mol. The number of rotatable bonds is 10. The third kappa shape index (κ3) is 7.82. The van der Waals surface area contributed by atoms with Crippen LogP contribution < -0.4 is 16.0 Å². The quantitative estimate of drug-likeness (QED) is 0.242. The van der Waals surface area contributed by atoms with E-state index < -0.39 is 5.82 Å². The van der Waals surface area contributed by atoms with Gasteiger partial charge in [0, 0.05) is 48.8 Å². The molecule has 38 heavy (non-hydrogen) atoms. The number of hydrogen-bond acceptors (Lipinski definition) is 8. The Morgan fingerprint density at radius 2 is 1.92 bits per heavy atom. The summed E-state index contributed by atoms with van der Waals surface area (Å²) in [5.74, 6) is 0.907. The van der Waals surface area contributed by atoms with Gasteiger partial charge >= 0.3 is 0 Å². The molecule has 0 spiro atoms. The Balaban J connectivity index is 1.36. The van der Waals surface area contributed by atoms with E-state index in [2.05, 4.69) is 47.5 Å². The fourth-order valence-corrected chi connectivity index (χ4v) is 3.90. The molecule has 2 aromatic carbocycles. The SMILES string of the molecule is C=N/C(=N\C(=C/C)Nc1ccnc(Nc2ccc(NCCN3CCOCC3)cc2)n1)c1cc(Cl)ccc1F. The third-order valence-electron chi connectivity index (χ3n) is 5.73. The number of hydrogen-bond donors (Lipinski definition) is 3. The lowest BCUT2D eigenvalue weighted by Crippen LogP contribution is -2.38. The summed E-state index contributed by atoms with van der Waals surface area (Å²) in [6.07, 6.45) is 3.34. The van der Waals surface area contributed by atoms with Crippen LogP contribution in [-0.2, 0) is 4.74 Å². The number of amidine groups is 1. The maximum atomic E-state index is 14.3. The van der Waals surface area contributed by atoms with Crippen LogP contribution in [0.3, 0.4) is 0 Å². The molecule has 0 unspecified atom stereocenters. The Bertz CT molecular complexity index is 1290. The smallest absolute Gasteiger partial charge is 0.229 e.